The molecule has 0 fully saturated rings. The predicted molar refractivity (Wildman–Crippen MR) is 72.9 cm³/mol. The maximum atomic E-state index is 11.8. The summed E-state index contributed by atoms with van der Waals surface area (Å²) in [5.41, 5.74) is 5.90. The summed E-state index contributed by atoms with van der Waals surface area (Å²) in [6, 6.07) is 0. The number of hydrogen-bond acceptors (Lipinski definition) is 6. The first-order valence-corrected chi connectivity index (χ1v) is 7.22. The first-order chi connectivity index (χ1) is 8.69. The molecule has 0 atom stereocenters. The van der Waals surface area contributed by atoms with Crippen LogP contribution in [0.1, 0.15) is 25.4 Å². The number of nitrogens with two attached hydrogens (primary N) is 1. The first-order valence-electron chi connectivity index (χ1n) is 5.53. The van der Waals surface area contributed by atoms with Gasteiger partial charge in [0.15, 0.2) is 0 Å². The molecule has 96 valence electrons. The minimum atomic E-state index is -0.164. The van der Waals surface area contributed by atoms with Gasteiger partial charge in [0.05, 0.1) is 11.6 Å². The van der Waals surface area contributed by atoms with Crippen molar-refractivity contribution in [1.29, 1.82) is 0 Å². The van der Waals surface area contributed by atoms with E-state index in [-0.39, 0.29) is 5.91 Å². The van der Waals surface area contributed by atoms with Crippen molar-refractivity contribution < 1.29 is 4.79 Å². The van der Waals surface area contributed by atoms with Crippen LogP contribution >= 0.6 is 22.7 Å². The van der Waals surface area contributed by atoms with Gasteiger partial charge in [-0.1, -0.05) is 0 Å². The first kappa shape index (κ1) is 13.1. The minimum Gasteiger partial charge on any atom is -0.344 e. The Morgan fingerprint density at radius 3 is 3.00 bits per heavy atom. The summed E-state index contributed by atoms with van der Waals surface area (Å²) in [6.45, 7) is 2.98. The number of hydrogen-bond donors (Lipinski definition) is 2. The molecule has 1 amide bonds. The Bertz CT molecular complexity index is 535. The molecule has 2 aromatic heterocycles. The van der Waals surface area contributed by atoms with Crippen molar-refractivity contribution in [2.24, 2.45) is 5.73 Å². The number of aryl methyl sites for hydroxylation is 1. The zero-order chi connectivity index (χ0) is 13.0. The van der Waals surface area contributed by atoms with E-state index in [4.69, 9.17) is 5.73 Å². The van der Waals surface area contributed by atoms with Gasteiger partial charge in [0.2, 0.25) is 0 Å². The summed E-state index contributed by atoms with van der Waals surface area (Å²) < 4.78 is 0. The fourth-order valence-electron chi connectivity index (χ4n) is 1.38. The number of rotatable bonds is 5. The lowest BCUT2D eigenvalue weighted by atomic mass is 10.4. The van der Waals surface area contributed by atoms with Crippen LogP contribution in [-0.4, -0.2) is 22.4 Å². The van der Waals surface area contributed by atoms with Crippen molar-refractivity contribution in [2.75, 3.05) is 6.54 Å². The maximum Gasteiger partial charge on any atom is 0.271 e. The Labute approximate surface area is 113 Å². The normalized spacial score (nSPS) is 10.6. The summed E-state index contributed by atoms with van der Waals surface area (Å²) in [6.07, 6.45) is 2.51. The van der Waals surface area contributed by atoms with E-state index in [0.717, 1.165) is 14.9 Å². The molecule has 0 saturated heterocycles. The van der Waals surface area contributed by atoms with Gasteiger partial charge in [-0.3, -0.25) is 4.79 Å². The molecule has 0 saturated carbocycles. The van der Waals surface area contributed by atoms with Gasteiger partial charge in [-0.2, -0.15) is 0 Å². The van der Waals surface area contributed by atoms with Crippen molar-refractivity contribution in [2.45, 2.75) is 19.9 Å². The van der Waals surface area contributed by atoms with Gasteiger partial charge in [-0.25, -0.2) is 9.97 Å². The Morgan fingerprint density at radius 2 is 2.33 bits per heavy atom. The lowest BCUT2D eigenvalue weighted by molar-refractivity contribution is 0.0946. The smallest absolute Gasteiger partial charge is 0.271 e. The Kier molecular flexibility index (Phi) is 4.40. The molecule has 2 heterocycles. The zero-order valence-electron chi connectivity index (χ0n) is 9.97. The average Bonchev–Trinajstić information content (AvgIpc) is 2.96. The van der Waals surface area contributed by atoms with Crippen LogP contribution in [0.3, 0.4) is 0 Å². The van der Waals surface area contributed by atoms with Crippen molar-refractivity contribution >= 4 is 28.6 Å². The van der Waals surface area contributed by atoms with Crippen LogP contribution in [0.2, 0.25) is 0 Å². The molecule has 5 nitrogen and oxygen atoms in total. The quantitative estimate of drug-likeness (QED) is 0.867. The van der Waals surface area contributed by atoms with Gasteiger partial charge in [0.1, 0.15) is 10.7 Å². The number of amides is 1. The zero-order valence-corrected chi connectivity index (χ0v) is 11.6. The van der Waals surface area contributed by atoms with Crippen LogP contribution in [0.15, 0.2) is 11.6 Å². The molecule has 0 aromatic carbocycles. The van der Waals surface area contributed by atoms with E-state index in [1.54, 1.807) is 22.9 Å². The average molecular weight is 282 g/mol. The summed E-state index contributed by atoms with van der Waals surface area (Å²) in [4.78, 5) is 21.4. The van der Waals surface area contributed by atoms with Crippen LogP contribution in [0.25, 0.3) is 0 Å². The molecule has 0 unspecified atom stereocenters. The topological polar surface area (TPSA) is 80.9 Å². The van der Waals surface area contributed by atoms with Crippen LogP contribution in [0.4, 0.5) is 0 Å². The molecule has 3 N–H and O–H groups in total. The lowest BCUT2D eigenvalue weighted by Crippen LogP contribution is -2.23. The van der Waals surface area contributed by atoms with E-state index in [2.05, 4.69) is 15.3 Å². The van der Waals surface area contributed by atoms with E-state index >= 15 is 0 Å². The molecule has 7 heteroatoms. The van der Waals surface area contributed by atoms with Crippen molar-refractivity contribution in [3.05, 3.63) is 32.2 Å². The molecule has 0 aliphatic rings. The second-order valence-electron chi connectivity index (χ2n) is 3.71. The number of carbonyl (C=O) groups is 1. The van der Waals surface area contributed by atoms with Crippen LogP contribution in [-0.2, 0) is 13.0 Å². The number of nitrogens with one attached hydrogen (secondary N) is 1. The lowest BCUT2D eigenvalue weighted by Gasteiger charge is -1.99. The number of carbonyl (C=O) groups excluding carboxylic acids is 1. The Morgan fingerprint density at radius 1 is 1.50 bits per heavy atom. The second-order valence-corrected chi connectivity index (χ2v) is 5.97. The summed E-state index contributed by atoms with van der Waals surface area (Å²) in [5.74, 6) is -0.164. The number of thiazole rings is 2. The molecular weight excluding hydrogens is 268 g/mol. The van der Waals surface area contributed by atoms with Crippen molar-refractivity contribution in [1.82, 2.24) is 15.3 Å². The van der Waals surface area contributed by atoms with Gasteiger partial charge in [-0.05, 0) is 13.5 Å². The minimum absolute atomic E-state index is 0.164. The standard InChI is InChI=1S/C11H14N4OS2/c1-7-4-13-10(18-7)5-14-11(16)8-6-17-9(15-8)2-3-12/h4,6H,2-3,5,12H2,1H3,(H,14,16). The van der Waals surface area contributed by atoms with E-state index in [9.17, 15) is 4.79 Å². The highest BCUT2D eigenvalue weighted by molar-refractivity contribution is 7.11. The number of aromatic nitrogens is 2. The SMILES string of the molecule is Cc1cnc(CNC(=O)c2csc(CCN)n2)s1. The van der Waals surface area contributed by atoms with E-state index in [1.807, 2.05) is 6.92 Å². The summed E-state index contributed by atoms with van der Waals surface area (Å²) >= 11 is 3.04. The number of nitrogens with zero attached hydrogens (tertiary/aromatic N) is 2. The van der Waals surface area contributed by atoms with Gasteiger partial charge in [0.25, 0.3) is 5.91 Å². The van der Waals surface area contributed by atoms with Crippen molar-refractivity contribution in [3.8, 4) is 0 Å². The molecule has 0 aliphatic carbocycles. The molecule has 2 rings (SSSR count). The monoisotopic (exact) mass is 282 g/mol. The van der Waals surface area contributed by atoms with Gasteiger partial charge < -0.3 is 11.1 Å². The predicted octanol–water partition coefficient (Wildman–Crippen LogP) is 1.34. The third kappa shape index (κ3) is 3.34. The van der Waals surface area contributed by atoms with Gasteiger partial charge in [-0.15, -0.1) is 22.7 Å². The van der Waals surface area contributed by atoms with Crippen LogP contribution < -0.4 is 11.1 Å². The Hall–Kier alpha value is -1.31. The molecule has 0 radical (unpaired) electrons. The molecule has 0 bridgehead atoms. The maximum absolute atomic E-state index is 11.8. The van der Waals surface area contributed by atoms with E-state index < -0.39 is 0 Å². The fourth-order valence-corrected chi connectivity index (χ4v) is 2.90. The van der Waals surface area contributed by atoms with E-state index in [1.165, 1.54) is 11.3 Å². The highest BCUT2D eigenvalue weighted by Gasteiger charge is 2.10. The fraction of sp³-hybridized carbons (Fsp3) is 0.364. The Balaban J connectivity index is 1.90. The molecule has 0 spiro atoms. The third-order valence-corrected chi connectivity index (χ3v) is 4.03. The highest BCUT2D eigenvalue weighted by Crippen LogP contribution is 2.12. The highest BCUT2D eigenvalue weighted by atomic mass is 32.1. The molecule has 2 aromatic rings. The van der Waals surface area contributed by atoms with Gasteiger partial charge >= 0.3 is 0 Å². The van der Waals surface area contributed by atoms with Crippen LogP contribution in [0.5, 0.6) is 0 Å². The second kappa shape index (κ2) is 6.03. The molecule has 0 aliphatic heterocycles. The van der Waals surface area contributed by atoms with Gasteiger partial charge in [0, 0.05) is 22.9 Å². The van der Waals surface area contributed by atoms with E-state index in [0.29, 0.717) is 25.2 Å². The molecule has 18 heavy (non-hydrogen) atoms. The third-order valence-electron chi connectivity index (χ3n) is 2.21. The van der Waals surface area contributed by atoms with Crippen molar-refractivity contribution in [3.63, 3.8) is 0 Å². The largest absolute Gasteiger partial charge is 0.344 e. The summed E-state index contributed by atoms with van der Waals surface area (Å²) in [7, 11) is 0. The van der Waals surface area contributed by atoms with Crippen LogP contribution in [0, 0.1) is 6.92 Å². The molecular formula is C11H14N4OS2. The summed E-state index contributed by atoms with van der Waals surface area (Å²) in [5, 5.41) is 6.36.